The number of rotatable bonds is 7. The van der Waals surface area contributed by atoms with Crippen molar-refractivity contribution in [2.45, 2.75) is 13.0 Å². The van der Waals surface area contributed by atoms with Gasteiger partial charge in [-0.25, -0.2) is 9.50 Å². The van der Waals surface area contributed by atoms with Crippen molar-refractivity contribution in [1.29, 1.82) is 0 Å². The van der Waals surface area contributed by atoms with Crippen LogP contribution < -0.4 is 10.1 Å². The standard InChI is InChI=1S/C22H21N5O4/c1-14-9-16(7-8-23-14)25-22(30)20-11-24-21-6-5-19(26-27(20)21)15-3-2-4-18(10-15)31-13-17(29)12-28/h2-11,17,28-29H,12-13H2,1H3,(H,23,25,30)/t17-/m1/s1. The van der Waals surface area contributed by atoms with Crippen LogP contribution in [0.4, 0.5) is 5.69 Å². The smallest absolute Gasteiger partial charge is 0.276 e. The van der Waals surface area contributed by atoms with E-state index in [2.05, 4.69) is 20.4 Å². The van der Waals surface area contributed by atoms with Crippen LogP contribution in [-0.4, -0.2) is 55.0 Å². The summed E-state index contributed by atoms with van der Waals surface area (Å²) in [5.41, 5.74) is 3.65. The molecular weight excluding hydrogens is 398 g/mol. The Hall–Kier alpha value is -3.82. The second kappa shape index (κ2) is 8.90. The molecule has 0 spiro atoms. The number of imidazole rings is 1. The van der Waals surface area contributed by atoms with Crippen LogP contribution >= 0.6 is 0 Å². The zero-order valence-electron chi connectivity index (χ0n) is 16.8. The second-order valence-corrected chi connectivity index (χ2v) is 6.95. The van der Waals surface area contributed by atoms with Gasteiger partial charge in [0.05, 0.1) is 18.5 Å². The predicted octanol–water partition coefficient (Wildman–Crippen LogP) is 2.08. The van der Waals surface area contributed by atoms with E-state index < -0.39 is 6.10 Å². The van der Waals surface area contributed by atoms with E-state index >= 15 is 0 Å². The Bertz CT molecular complexity index is 1220. The average Bonchev–Trinajstić information content (AvgIpc) is 3.21. The summed E-state index contributed by atoms with van der Waals surface area (Å²) in [7, 11) is 0. The van der Waals surface area contributed by atoms with Gasteiger partial charge in [-0.05, 0) is 43.3 Å². The number of aliphatic hydroxyl groups is 2. The number of fused-ring (bicyclic) bond motifs is 1. The molecule has 1 amide bonds. The van der Waals surface area contributed by atoms with Gasteiger partial charge in [0.1, 0.15) is 18.5 Å². The van der Waals surface area contributed by atoms with E-state index in [4.69, 9.17) is 9.84 Å². The normalized spacial score (nSPS) is 12.0. The van der Waals surface area contributed by atoms with Gasteiger partial charge in [-0.1, -0.05) is 12.1 Å². The van der Waals surface area contributed by atoms with E-state index in [1.165, 1.54) is 10.7 Å². The van der Waals surface area contributed by atoms with Crippen molar-refractivity contribution in [1.82, 2.24) is 19.6 Å². The molecule has 0 radical (unpaired) electrons. The predicted molar refractivity (Wildman–Crippen MR) is 114 cm³/mol. The number of hydrogen-bond acceptors (Lipinski definition) is 7. The molecule has 3 N–H and O–H groups in total. The number of hydrogen-bond donors (Lipinski definition) is 3. The number of carbonyl (C=O) groups is 1. The first-order chi connectivity index (χ1) is 15.0. The molecule has 0 aliphatic heterocycles. The maximum Gasteiger partial charge on any atom is 0.276 e. The van der Waals surface area contributed by atoms with Crippen molar-refractivity contribution in [3.8, 4) is 17.0 Å². The quantitative estimate of drug-likeness (QED) is 0.419. The molecule has 0 fully saturated rings. The Morgan fingerprint density at radius 2 is 2.06 bits per heavy atom. The molecule has 1 atom stereocenters. The lowest BCUT2D eigenvalue weighted by Crippen LogP contribution is -2.21. The van der Waals surface area contributed by atoms with E-state index in [-0.39, 0.29) is 19.1 Å². The largest absolute Gasteiger partial charge is 0.491 e. The molecule has 9 heteroatoms. The molecule has 0 aliphatic carbocycles. The highest BCUT2D eigenvalue weighted by Crippen LogP contribution is 2.23. The van der Waals surface area contributed by atoms with E-state index in [1.54, 1.807) is 48.7 Å². The number of carbonyl (C=O) groups excluding carboxylic acids is 1. The summed E-state index contributed by atoms with van der Waals surface area (Å²) in [6, 6.07) is 14.3. The van der Waals surface area contributed by atoms with Crippen molar-refractivity contribution in [3.05, 3.63) is 72.3 Å². The maximum atomic E-state index is 12.8. The summed E-state index contributed by atoms with van der Waals surface area (Å²) in [6.07, 6.45) is 2.16. The molecule has 0 bridgehead atoms. The Morgan fingerprint density at radius 3 is 2.87 bits per heavy atom. The molecule has 0 unspecified atom stereocenters. The van der Waals surface area contributed by atoms with Gasteiger partial charge in [-0.3, -0.25) is 9.78 Å². The number of aliphatic hydroxyl groups excluding tert-OH is 2. The van der Waals surface area contributed by atoms with Crippen LogP contribution in [0.3, 0.4) is 0 Å². The Labute approximate surface area is 178 Å². The molecule has 0 aliphatic rings. The van der Waals surface area contributed by atoms with E-state index in [9.17, 15) is 9.90 Å². The topological polar surface area (TPSA) is 122 Å². The van der Waals surface area contributed by atoms with Crippen molar-refractivity contribution < 1.29 is 19.7 Å². The zero-order valence-corrected chi connectivity index (χ0v) is 16.8. The average molecular weight is 419 g/mol. The highest BCUT2D eigenvalue weighted by Gasteiger charge is 2.15. The molecular formula is C22H21N5O4. The number of benzene rings is 1. The molecule has 0 saturated carbocycles. The van der Waals surface area contributed by atoms with Gasteiger partial charge in [0.15, 0.2) is 11.3 Å². The van der Waals surface area contributed by atoms with E-state index in [1.807, 2.05) is 13.0 Å². The fourth-order valence-corrected chi connectivity index (χ4v) is 2.99. The number of ether oxygens (including phenoxy) is 1. The van der Waals surface area contributed by atoms with Crippen LogP contribution in [0.1, 0.15) is 16.2 Å². The third-order valence-electron chi connectivity index (χ3n) is 4.53. The minimum Gasteiger partial charge on any atom is -0.491 e. The Kier molecular flexibility index (Phi) is 5.87. The molecule has 9 nitrogen and oxygen atoms in total. The Morgan fingerprint density at radius 1 is 1.19 bits per heavy atom. The third-order valence-corrected chi connectivity index (χ3v) is 4.53. The van der Waals surface area contributed by atoms with Crippen LogP contribution in [0.2, 0.25) is 0 Å². The molecule has 3 heterocycles. The molecule has 3 aromatic heterocycles. The molecule has 1 aromatic carbocycles. The van der Waals surface area contributed by atoms with E-state index in [0.29, 0.717) is 28.5 Å². The molecule has 4 rings (SSSR count). The lowest BCUT2D eigenvalue weighted by atomic mass is 10.1. The van der Waals surface area contributed by atoms with Gasteiger partial charge < -0.3 is 20.3 Å². The van der Waals surface area contributed by atoms with Crippen molar-refractivity contribution in [2.24, 2.45) is 0 Å². The minimum atomic E-state index is -0.950. The molecule has 158 valence electrons. The monoisotopic (exact) mass is 419 g/mol. The number of anilines is 1. The van der Waals surface area contributed by atoms with Gasteiger partial charge in [-0.15, -0.1) is 0 Å². The van der Waals surface area contributed by atoms with Crippen LogP contribution in [0.25, 0.3) is 16.9 Å². The molecule has 0 saturated heterocycles. The SMILES string of the molecule is Cc1cc(NC(=O)c2cnc3ccc(-c4cccc(OC[C@H](O)CO)c4)nn23)ccn1. The lowest BCUT2D eigenvalue weighted by molar-refractivity contribution is 0.0536. The lowest BCUT2D eigenvalue weighted by Gasteiger charge is -2.11. The summed E-state index contributed by atoms with van der Waals surface area (Å²) in [6.45, 7) is 1.45. The summed E-state index contributed by atoms with van der Waals surface area (Å²) < 4.78 is 6.99. The number of nitrogens with one attached hydrogen (secondary N) is 1. The molecule has 31 heavy (non-hydrogen) atoms. The van der Waals surface area contributed by atoms with Crippen LogP contribution in [0, 0.1) is 6.92 Å². The first-order valence-corrected chi connectivity index (χ1v) is 9.64. The van der Waals surface area contributed by atoms with Crippen molar-refractivity contribution in [3.63, 3.8) is 0 Å². The summed E-state index contributed by atoms with van der Waals surface area (Å²) in [5.74, 6) is 0.196. The first-order valence-electron chi connectivity index (χ1n) is 9.64. The van der Waals surface area contributed by atoms with Crippen LogP contribution in [-0.2, 0) is 0 Å². The summed E-state index contributed by atoms with van der Waals surface area (Å²) in [5, 5.41) is 25.8. The Balaban J connectivity index is 1.60. The number of aromatic nitrogens is 4. The summed E-state index contributed by atoms with van der Waals surface area (Å²) >= 11 is 0. The van der Waals surface area contributed by atoms with Crippen molar-refractivity contribution >= 4 is 17.2 Å². The highest BCUT2D eigenvalue weighted by atomic mass is 16.5. The maximum absolute atomic E-state index is 12.8. The minimum absolute atomic E-state index is 0.0211. The summed E-state index contributed by atoms with van der Waals surface area (Å²) in [4.78, 5) is 21.2. The highest BCUT2D eigenvalue weighted by molar-refractivity contribution is 6.03. The number of nitrogens with zero attached hydrogens (tertiary/aromatic N) is 4. The van der Waals surface area contributed by atoms with Gasteiger partial charge in [0.2, 0.25) is 0 Å². The van der Waals surface area contributed by atoms with Crippen LogP contribution in [0.5, 0.6) is 5.75 Å². The second-order valence-electron chi connectivity index (χ2n) is 6.95. The zero-order chi connectivity index (χ0) is 21.8. The number of pyridine rings is 1. The molecule has 4 aromatic rings. The van der Waals surface area contributed by atoms with Gasteiger partial charge in [0, 0.05) is 23.1 Å². The fraction of sp³-hybridized carbons (Fsp3) is 0.182. The van der Waals surface area contributed by atoms with Gasteiger partial charge in [0.25, 0.3) is 5.91 Å². The fourth-order valence-electron chi connectivity index (χ4n) is 2.99. The van der Waals surface area contributed by atoms with Gasteiger partial charge >= 0.3 is 0 Å². The number of aryl methyl sites for hydroxylation is 1. The van der Waals surface area contributed by atoms with E-state index in [0.717, 1.165) is 11.3 Å². The van der Waals surface area contributed by atoms with Crippen LogP contribution in [0.15, 0.2) is 60.9 Å². The third kappa shape index (κ3) is 4.68. The van der Waals surface area contributed by atoms with Gasteiger partial charge in [-0.2, -0.15) is 5.10 Å². The number of amides is 1. The first kappa shape index (κ1) is 20.5. The van der Waals surface area contributed by atoms with Crippen molar-refractivity contribution in [2.75, 3.05) is 18.5 Å².